The zero-order chi connectivity index (χ0) is 15.4. The van der Waals surface area contributed by atoms with Crippen LogP contribution in [0.25, 0.3) is 10.9 Å². The van der Waals surface area contributed by atoms with E-state index in [0.29, 0.717) is 12.3 Å². The van der Waals surface area contributed by atoms with Gasteiger partial charge in [-0.3, -0.25) is 9.36 Å². The molecule has 0 radical (unpaired) electrons. The number of carbonyl (C=O) groups excluding carboxylic acids is 1. The molecule has 1 aromatic heterocycles. The van der Waals surface area contributed by atoms with E-state index in [2.05, 4.69) is 6.07 Å². The van der Waals surface area contributed by atoms with Gasteiger partial charge in [-0.2, -0.15) is 0 Å². The zero-order valence-electron chi connectivity index (χ0n) is 13.3. The summed E-state index contributed by atoms with van der Waals surface area (Å²) in [6.45, 7) is 0.278. The number of rotatable bonds is 2. The molecule has 0 unspecified atom stereocenters. The van der Waals surface area contributed by atoms with Crippen molar-refractivity contribution in [3.63, 3.8) is 0 Å². The van der Waals surface area contributed by atoms with E-state index in [1.165, 1.54) is 42.3 Å². The van der Waals surface area contributed by atoms with E-state index in [1.54, 1.807) is 0 Å². The Labute approximate surface area is 135 Å². The molecule has 2 heterocycles. The topological polar surface area (TPSA) is 40.5 Å². The predicted octanol–water partition coefficient (Wildman–Crippen LogP) is 4.08. The third-order valence-electron chi connectivity index (χ3n) is 5.70. The molecular weight excluding hydrogens is 290 g/mol. The van der Waals surface area contributed by atoms with E-state index in [4.69, 9.17) is 9.47 Å². The van der Waals surface area contributed by atoms with Crippen LogP contribution in [-0.4, -0.2) is 17.3 Å². The zero-order valence-corrected chi connectivity index (χ0v) is 13.3. The van der Waals surface area contributed by atoms with Crippen LogP contribution in [0.4, 0.5) is 0 Å². The van der Waals surface area contributed by atoms with Crippen molar-refractivity contribution in [2.45, 2.75) is 51.4 Å². The molecule has 0 spiro atoms. The van der Waals surface area contributed by atoms with E-state index in [-0.39, 0.29) is 12.7 Å². The molecule has 0 atom stereocenters. The lowest BCUT2D eigenvalue weighted by Gasteiger charge is -2.12. The van der Waals surface area contributed by atoms with Crippen molar-refractivity contribution >= 4 is 16.8 Å². The number of hydrogen-bond acceptors (Lipinski definition) is 3. The highest BCUT2D eigenvalue weighted by molar-refractivity contribution is 5.98. The quantitative estimate of drug-likeness (QED) is 0.839. The molecule has 0 bridgehead atoms. The van der Waals surface area contributed by atoms with Gasteiger partial charge in [0.15, 0.2) is 11.5 Å². The normalized spacial score (nSPS) is 19.7. The summed E-state index contributed by atoms with van der Waals surface area (Å²) in [5, 5.41) is 1.18. The Morgan fingerprint density at radius 1 is 1.09 bits per heavy atom. The van der Waals surface area contributed by atoms with Crippen molar-refractivity contribution in [2.75, 3.05) is 6.79 Å². The van der Waals surface area contributed by atoms with Crippen LogP contribution >= 0.6 is 0 Å². The van der Waals surface area contributed by atoms with Crippen molar-refractivity contribution in [3.05, 3.63) is 23.4 Å². The fourth-order valence-electron chi connectivity index (χ4n) is 4.61. The Balaban J connectivity index is 1.63. The lowest BCUT2D eigenvalue weighted by Crippen LogP contribution is -2.16. The number of ether oxygens (including phenoxy) is 2. The number of hydrogen-bond donors (Lipinski definition) is 0. The maximum absolute atomic E-state index is 13.0. The van der Waals surface area contributed by atoms with Crippen LogP contribution < -0.4 is 9.47 Å². The second-order valence-corrected chi connectivity index (χ2v) is 7.09. The van der Waals surface area contributed by atoms with Crippen LogP contribution in [0.5, 0.6) is 11.5 Å². The van der Waals surface area contributed by atoms with Gasteiger partial charge in [-0.15, -0.1) is 0 Å². The molecule has 23 heavy (non-hydrogen) atoms. The Bertz CT molecular complexity index is 799. The molecule has 1 fully saturated rings. The van der Waals surface area contributed by atoms with Gasteiger partial charge < -0.3 is 9.47 Å². The molecule has 5 rings (SSSR count). The molecule has 1 aliphatic heterocycles. The summed E-state index contributed by atoms with van der Waals surface area (Å²) < 4.78 is 13.1. The lowest BCUT2D eigenvalue weighted by atomic mass is 10.0. The minimum atomic E-state index is 0.268. The fourth-order valence-corrected chi connectivity index (χ4v) is 4.61. The standard InChI is InChI=1S/C19H21NO3/c21-19(8-12-4-1-2-5-12)20-15-7-3-6-13(15)14-9-17-18(10-16(14)20)23-11-22-17/h9-10,12H,1-8,11H2. The average molecular weight is 311 g/mol. The number of aromatic nitrogens is 1. The van der Waals surface area contributed by atoms with Crippen molar-refractivity contribution in [1.29, 1.82) is 0 Å². The summed E-state index contributed by atoms with van der Waals surface area (Å²) in [5.41, 5.74) is 3.59. The molecule has 1 aromatic carbocycles. The molecule has 4 nitrogen and oxygen atoms in total. The van der Waals surface area contributed by atoms with Crippen LogP contribution in [0.1, 0.15) is 54.6 Å². The van der Waals surface area contributed by atoms with Gasteiger partial charge in [0.05, 0.1) is 5.52 Å². The number of carbonyl (C=O) groups is 1. The minimum absolute atomic E-state index is 0.268. The van der Waals surface area contributed by atoms with Crippen LogP contribution in [0.15, 0.2) is 12.1 Å². The van der Waals surface area contributed by atoms with Gasteiger partial charge in [0.2, 0.25) is 12.7 Å². The molecule has 3 aliphatic rings. The van der Waals surface area contributed by atoms with Crippen LogP contribution in [0, 0.1) is 5.92 Å². The summed E-state index contributed by atoms with van der Waals surface area (Å²) >= 11 is 0. The maximum Gasteiger partial charge on any atom is 0.231 e. The van der Waals surface area contributed by atoms with Gasteiger partial charge in [-0.1, -0.05) is 12.8 Å². The molecule has 0 amide bonds. The monoisotopic (exact) mass is 311 g/mol. The van der Waals surface area contributed by atoms with E-state index >= 15 is 0 Å². The average Bonchev–Trinajstić information content (AvgIpc) is 3.29. The van der Waals surface area contributed by atoms with E-state index < -0.39 is 0 Å². The molecule has 0 saturated heterocycles. The smallest absolute Gasteiger partial charge is 0.231 e. The number of fused-ring (bicyclic) bond motifs is 4. The highest BCUT2D eigenvalue weighted by Gasteiger charge is 2.29. The molecule has 2 aliphatic carbocycles. The Hall–Kier alpha value is -1.97. The Morgan fingerprint density at radius 3 is 2.70 bits per heavy atom. The first kappa shape index (κ1) is 13.5. The third kappa shape index (κ3) is 2.00. The first-order valence-electron chi connectivity index (χ1n) is 8.80. The van der Waals surface area contributed by atoms with Gasteiger partial charge >= 0.3 is 0 Å². The molecular formula is C19H21NO3. The van der Waals surface area contributed by atoms with E-state index in [1.807, 2.05) is 10.6 Å². The third-order valence-corrected chi connectivity index (χ3v) is 5.70. The first-order valence-corrected chi connectivity index (χ1v) is 8.80. The second-order valence-electron chi connectivity index (χ2n) is 7.09. The van der Waals surface area contributed by atoms with Crippen LogP contribution in [0.3, 0.4) is 0 Å². The van der Waals surface area contributed by atoms with Crippen molar-refractivity contribution in [1.82, 2.24) is 4.57 Å². The number of benzene rings is 1. The van der Waals surface area contributed by atoms with Crippen LogP contribution in [-0.2, 0) is 12.8 Å². The van der Waals surface area contributed by atoms with E-state index in [0.717, 1.165) is 36.3 Å². The summed E-state index contributed by atoms with van der Waals surface area (Å²) in [5.74, 6) is 2.42. The number of nitrogens with zero attached hydrogens (tertiary/aromatic N) is 1. The Kier molecular flexibility index (Phi) is 2.94. The maximum atomic E-state index is 13.0. The predicted molar refractivity (Wildman–Crippen MR) is 87.3 cm³/mol. The summed E-state index contributed by atoms with van der Waals surface area (Å²) in [6.07, 6.45) is 8.87. The molecule has 4 heteroatoms. The molecule has 1 saturated carbocycles. The van der Waals surface area contributed by atoms with E-state index in [9.17, 15) is 4.79 Å². The second kappa shape index (κ2) is 5.02. The minimum Gasteiger partial charge on any atom is -0.454 e. The summed E-state index contributed by atoms with van der Waals surface area (Å²) in [7, 11) is 0. The van der Waals surface area contributed by atoms with Gasteiger partial charge in [0, 0.05) is 23.6 Å². The van der Waals surface area contributed by atoms with Gasteiger partial charge in [0.25, 0.3) is 0 Å². The highest BCUT2D eigenvalue weighted by Crippen LogP contribution is 2.42. The molecule has 120 valence electrons. The fraction of sp³-hybridized carbons (Fsp3) is 0.526. The molecule has 0 N–H and O–H groups in total. The summed E-state index contributed by atoms with van der Waals surface area (Å²) in [4.78, 5) is 13.0. The van der Waals surface area contributed by atoms with Crippen LogP contribution in [0.2, 0.25) is 0 Å². The Morgan fingerprint density at radius 2 is 1.87 bits per heavy atom. The first-order chi connectivity index (χ1) is 11.3. The van der Waals surface area contributed by atoms with Crippen molar-refractivity contribution < 1.29 is 14.3 Å². The van der Waals surface area contributed by atoms with Gasteiger partial charge in [0.1, 0.15) is 0 Å². The number of aryl methyl sites for hydroxylation is 1. The lowest BCUT2D eigenvalue weighted by molar-refractivity contribution is 0.0883. The van der Waals surface area contributed by atoms with Gasteiger partial charge in [-0.25, -0.2) is 0 Å². The highest BCUT2D eigenvalue weighted by atomic mass is 16.7. The SMILES string of the molecule is O=C(CC1CCCC1)n1c2c(c3cc4c(cc31)OCO4)CCC2. The van der Waals surface area contributed by atoms with Crippen molar-refractivity contribution in [3.8, 4) is 11.5 Å². The molecule has 2 aromatic rings. The van der Waals surface area contributed by atoms with Crippen molar-refractivity contribution in [2.24, 2.45) is 5.92 Å². The summed E-state index contributed by atoms with van der Waals surface area (Å²) in [6, 6.07) is 4.07. The van der Waals surface area contributed by atoms with Gasteiger partial charge in [-0.05, 0) is 49.7 Å². The largest absolute Gasteiger partial charge is 0.454 e.